The minimum atomic E-state index is -1.43. The molecule has 13 heteroatoms. The molecular formula is C14H21N3O9S. The maximum absolute atomic E-state index is 12.3. The van der Waals surface area contributed by atoms with Crippen LogP contribution in [-0.4, -0.2) is 69.4 Å². The number of nitrogens with one attached hydrogen (secondary N) is 1. The van der Waals surface area contributed by atoms with Crippen LogP contribution in [0, 0.1) is 16.0 Å². The van der Waals surface area contributed by atoms with Crippen LogP contribution in [0.15, 0.2) is 0 Å². The first-order chi connectivity index (χ1) is 12.6. The van der Waals surface area contributed by atoms with E-state index in [0.29, 0.717) is 19.4 Å². The Bertz CT molecular complexity index is 600. The van der Waals surface area contributed by atoms with Crippen molar-refractivity contribution in [3.8, 4) is 0 Å². The third-order valence-corrected chi connectivity index (χ3v) is 4.75. The van der Waals surface area contributed by atoms with Crippen molar-refractivity contribution in [3.63, 3.8) is 0 Å². The third kappa shape index (κ3) is 7.68. The summed E-state index contributed by atoms with van der Waals surface area (Å²) in [7, 11) is 0. The second kappa shape index (κ2) is 10.5. The fraction of sp³-hybridized carbons (Fsp3) is 0.714. The Kier molecular flexibility index (Phi) is 8.78. The molecule has 0 aromatic carbocycles. The van der Waals surface area contributed by atoms with Gasteiger partial charge < -0.3 is 20.1 Å². The Labute approximate surface area is 158 Å². The third-order valence-electron chi connectivity index (χ3n) is 3.62. The van der Waals surface area contributed by atoms with Crippen LogP contribution in [0.2, 0.25) is 0 Å². The van der Waals surface area contributed by atoms with Crippen LogP contribution in [0.25, 0.3) is 0 Å². The average molecular weight is 407 g/mol. The molecule has 3 atom stereocenters. The fourth-order valence-electron chi connectivity index (χ4n) is 2.39. The van der Waals surface area contributed by atoms with Gasteiger partial charge >= 0.3 is 12.1 Å². The van der Waals surface area contributed by atoms with Crippen molar-refractivity contribution in [2.45, 2.75) is 39.0 Å². The Hall–Kier alpha value is -2.57. The van der Waals surface area contributed by atoms with Crippen LogP contribution in [0.5, 0.6) is 0 Å². The lowest BCUT2D eigenvalue weighted by Gasteiger charge is -2.24. The van der Waals surface area contributed by atoms with Crippen LogP contribution in [-0.2, 0) is 24.0 Å². The molecule has 1 heterocycles. The minimum Gasteiger partial charge on any atom is -0.480 e. The molecule has 152 valence electrons. The summed E-state index contributed by atoms with van der Waals surface area (Å²) in [5.74, 6) is -1.83. The monoisotopic (exact) mass is 407 g/mol. The first kappa shape index (κ1) is 22.5. The van der Waals surface area contributed by atoms with Gasteiger partial charge in [-0.2, -0.15) is 0 Å². The zero-order valence-corrected chi connectivity index (χ0v) is 15.6. The summed E-state index contributed by atoms with van der Waals surface area (Å²) in [4.78, 5) is 61.9. The number of aliphatic carboxylic acids is 1. The van der Waals surface area contributed by atoms with Crippen LogP contribution < -0.4 is 5.32 Å². The summed E-state index contributed by atoms with van der Waals surface area (Å²) in [6.45, 7) is 2.70. The molecule has 0 aromatic heterocycles. The number of amides is 2. The fourth-order valence-corrected chi connectivity index (χ4v) is 3.14. The number of hydrogen-bond acceptors (Lipinski definition) is 9. The van der Waals surface area contributed by atoms with Crippen LogP contribution in [0.4, 0.5) is 4.79 Å². The molecule has 1 fully saturated rings. The van der Waals surface area contributed by atoms with Gasteiger partial charge in [0.1, 0.15) is 6.04 Å². The van der Waals surface area contributed by atoms with Crippen molar-refractivity contribution in [3.05, 3.63) is 10.1 Å². The van der Waals surface area contributed by atoms with Gasteiger partial charge in [0.25, 0.3) is 5.09 Å². The van der Waals surface area contributed by atoms with Gasteiger partial charge in [-0.15, -0.1) is 10.1 Å². The summed E-state index contributed by atoms with van der Waals surface area (Å²) in [5, 5.41) is 19.7. The second-order valence-corrected chi connectivity index (χ2v) is 6.84. The number of carbonyl (C=O) groups is 4. The number of carbonyl (C=O) groups excluding carboxylic acids is 3. The SMILES string of the molecule is CC(OC(=O)NCC(=O)SC[C@@H](C)C(=O)N1CCC[C@H]1C(=O)O)O[N+](=O)[O-]. The lowest BCUT2D eigenvalue weighted by Crippen LogP contribution is -2.43. The van der Waals surface area contributed by atoms with Crippen molar-refractivity contribution in [1.82, 2.24) is 10.2 Å². The van der Waals surface area contributed by atoms with Crippen molar-refractivity contribution in [2.75, 3.05) is 18.8 Å². The van der Waals surface area contributed by atoms with Gasteiger partial charge in [-0.1, -0.05) is 18.7 Å². The van der Waals surface area contributed by atoms with Gasteiger partial charge in [0, 0.05) is 18.2 Å². The normalized spacial score (nSPS) is 18.3. The summed E-state index contributed by atoms with van der Waals surface area (Å²) < 4.78 is 4.49. The van der Waals surface area contributed by atoms with Crippen LogP contribution >= 0.6 is 11.8 Å². The largest absolute Gasteiger partial charge is 0.480 e. The van der Waals surface area contributed by atoms with Gasteiger partial charge in [0.2, 0.25) is 17.3 Å². The average Bonchev–Trinajstić information content (AvgIpc) is 3.06. The van der Waals surface area contributed by atoms with Gasteiger partial charge in [-0.05, 0) is 19.8 Å². The molecule has 0 bridgehead atoms. The molecule has 12 nitrogen and oxygen atoms in total. The summed E-state index contributed by atoms with van der Waals surface area (Å²) in [6, 6.07) is -0.833. The molecule has 1 aliphatic rings. The smallest absolute Gasteiger partial charge is 0.409 e. The number of alkyl carbamates (subject to hydrolysis) is 1. The first-order valence-electron chi connectivity index (χ1n) is 8.06. The van der Waals surface area contributed by atoms with Crippen molar-refractivity contribution in [1.29, 1.82) is 0 Å². The van der Waals surface area contributed by atoms with E-state index >= 15 is 0 Å². The van der Waals surface area contributed by atoms with Crippen LogP contribution in [0.1, 0.15) is 26.7 Å². The van der Waals surface area contributed by atoms with Gasteiger partial charge in [-0.3, -0.25) is 14.4 Å². The highest BCUT2D eigenvalue weighted by Crippen LogP contribution is 2.21. The van der Waals surface area contributed by atoms with E-state index in [1.807, 2.05) is 0 Å². The van der Waals surface area contributed by atoms with E-state index in [1.54, 1.807) is 6.92 Å². The van der Waals surface area contributed by atoms with E-state index in [2.05, 4.69) is 14.9 Å². The maximum Gasteiger partial charge on any atom is 0.409 e. The summed E-state index contributed by atoms with van der Waals surface area (Å²) >= 11 is 0.809. The lowest BCUT2D eigenvalue weighted by molar-refractivity contribution is -0.777. The molecule has 0 saturated carbocycles. The topological polar surface area (TPSA) is 165 Å². The minimum absolute atomic E-state index is 0.123. The van der Waals surface area contributed by atoms with E-state index < -0.39 is 47.1 Å². The molecule has 2 amide bonds. The Balaban J connectivity index is 2.32. The van der Waals surface area contributed by atoms with Gasteiger partial charge in [-0.25, -0.2) is 9.59 Å². The van der Waals surface area contributed by atoms with Crippen molar-refractivity contribution in [2.24, 2.45) is 5.92 Å². The van der Waals surface area contributed by atoms with E-state index in [4.69, 9.17) is 5.11 Å². The molecule has 1 saturated heterocycles. The predicted molar refractivity (Wildman–Crippen MR) is 91.0 cm³/mol. The Morgan fingerprint density at radius 3 is 2.63 bits per heavy atom. The van der Waals surface area contributed by atoms with E-state index in [-0.39, 0.29) is 11.7 Å². The molecule has 1 unspecified atom stereocenters. The summed E-state index contributed by atoms with van der Waals surface area (Å²) in [5.41, 5.74) is 0. The number of hydrogen-bond donors (Lipinski definition) is 2. The zero-order valence-electron chi connectivity index (χ0n) is 14.8. The van der Waals surface area contributed by atoms with Crippen molar-refractivity contribution < 1.29 is 38.9 Å². The maximum atomic E-state index is 12.3. The number of likely N-dealkylation sites (tertiary alicyclic amines) is 1. The van der Waals surface area contributed by atoms with Gasteiger partial charge in [0.05, 0.1) is 6.54 Å². The summed E-state index contributed by atoms with van der Waals surface area (Å²) in [6.07, 6.45) is -1.47. The molecule has 0 aromatic rings. The first-order valence-corrected chi connectivity index (χ1v) is 9.05. The second-order valence-electron chi connectivity index (χ2n) is 5.77. The van der Waals surface area contributed by atoms with E-state index in [0.717, 1.165) is 18.7 Å². The molecule has 0 spiro atoms. The van der Waals surface area contributed by atoms with E-state index in [9.17, 15) is 29.3 Å². The van der Waals surface area contributed by atoms with Crippen molar-refractivity contribution >= 4 is 34.8 Å². The van der Waals surface area contributed by atoms with E-state index in [1.165, 1.54) is 4.90 Å². The quantitative estimate of drug-likeness (QED) is 0.307. The predicted octanol–water partition coefficient (Wildman–Crippen LogP) is 0.238. The number of carboxylic acid groups (broad SMARTS) is 1. The molecule has 27 heavy (non-hydrogen) atoms. The molecular weight excluding hydrogens is 386 g/mol. The van der Waals surface area contributed by atoms with Gasteiger partial charge in [0.15, 0.2) is 0 Å². The number of ether oxygens (including phenoxy) is 1. The Morgan fingerprint density at radius 2 is 2.04 bits per heavy atom. The number of carboxylic acids is 1. The highest BCUT2D eigenvalue weighted by atomic mass is 32.2. The molecule has 2 N–H and O–H groups in total. The zero-order chi connectivity index (χ0) is 20.6. The number of rotatable bonds is 9. The molecule has 0 aliphatic carbocycles. The Morgan fingerprint density at radius 1 is 1.37 bits per heavy atom. The number of nitrogens with zero attached hydrogens (tertiary/aromatic N) is 2. The molecule has 1 rings (SSSR count). The molecule has 1 aliphatic heterocycles. The highest BCUT2D eigenvalue weighted by Gasteiger charge is 2.35. The lowest BCUT2D eigenvalue weighted by atomic mass is 10.1. The van der Waals surface area contributed by atoms with Crippen LogP contribution in [0.3, 0.4) is 0 Å². The molecule has 0 radical (unpaired) electrons. The number of thioether (sulfide) groups is 1. The highest BCUT2D eigenvalue weighted by molar-refractivity contribution is 8.13. The standard InChI is InChI=1S/C14H21N3O9S/c1-8(12(19)16-5-3-4-10(16)13(20)21)7-27-11(18)6-15-14(22)25-9(2)26-17(23)24/h8-10H,3-7H2,1-2H3,(H,15,22)(H,20,21)/t8-,9?,10+/m1/s1.